The fraction of sp³-hybridized carbons (Fsp3) is 0.353. The highest BCUT2D eigenvalue weighted by Gasteiger charge is 2.42. The molecule has 4 aromatic rings. The Morgan fingerprint density at radius 2 is 1.51 bits per heavy atom. The number of benzene rings is 4. The van der Waals surface area contributed by atoms with Crippen LogP contribution in [0.25, 0.3) is 21.5 Å². The van der Waals surface area contributed by atoms with E-state index in [1.54, 1.807) is 6.07 Å². The van der Waals surface area contributed by atoms with Crippen LogP contribution in [0.5, 0.6) is 5.75 Å². The van der Waals surface area contributed by atoms with Gasteiger partial charge >= 0.3 is 12.3 Å². The Balaban J connectivity index is 1.38. The molecule has 5 rings (SSSR count). The minimum absolute atomic E-state index is 0.0526. The summed E-state index contributed by atoms with van der Waals surface area (Å²) in [5.74, 6) is -4.16. The molecule has 4 aromatic carbocycles. The maximum Gasteiger partial charge on any atom is 0.458 e. The van der Waals surface area contributed by atoms with E-state index in [0.717, 1.165) is 68.7 Å². The molecule has 2 atom stereocenters. The Kier molecular flexibility index (Phi) is 9.26. The standard InChI is InChI=1S/C34H27F9O2/c1-2-3-4-5-19-6-11-29(44-18-19)20-7-9-25-21(14-20)17-28(36)30(32(25)38)34(42,43)45-23-8-10-24-22(15-23)16-27(35)26(31(24)37)12-13-33(39,40)41/h7-10,14-17,19,29H,2-6,11,18H2,1H3. The number of halogens is 9. The summed E-state index contributed by atoms with van der Waals surface area (Å²) in [5, 5.41) is -1.02. The van der Waals surface area contributed by atoms with Gasteiger partial charge in [0.2, 0.25) is 0 Å². The van der Waals surface area contributed by atoms with Crippen LogP contribution in [-0.4, -0.2) is 12.8 Å². The zero-order valence-corrected chi connectivity index (χ0v) is 23.9. The first-order valence-corrected chi connectivity index (χ1v) is 14.4. The van der Waals surface area contributed by atoms with Gasteiger partial charge in [-0.05, 0) is 77.9 Å². The number of rotatable bonds is 8. The Morgan fingerprint density at radius 1 is 0.822 bits per heavy atom. The maximum atomic E-state index is 15.4. The second-order valence-corrected chi connectivity index (χ2v) is 11.1. The molecule has 0 N–H and O–H groups in total. The minimum Gasteiger partial charge on any atom is -0.429 e. The van der Waals surface area contributed by atoms with E-state index < -0.39 is 57.8 Å². The van der Waals surface area contributed by atoms with Crippen molar-refractivity contribution in [2.24, 2.45) is 5.92 Å². The molecule has 0 bridgehead atoms. The maximum absolute atomic E-state index is 15.4. The molecule has 2 unspecified atom stereocenters. The lowest BCUT2D eigenvalue weighted by atomic mass is 9.90. The van der Waals surface area contributed by atoms with Crippen LogP contribution in [-0.2, 0) is 10.8 Å². The number of fused-ring (bicyclic) bond motifs is 2. The summed E-state index contributed by atoms with van der Waals surface area (Å²) < 4.78 is 138. The first-order valence-electron chi connectivity index (χ1n) is 14.4. The highest BCUT2D eigenvalue weighted by Crippen LogP contribution is 2.40. The predicted octanol–water partition coefficient (Wildman–Crippen LogP) is 10.6. The monoisotopic (exact) mass is 638 g/mol. The third-order valence-electron chi connectivity index (χ3n) is 7.88. The molecule has 0 aromatic heterocycles. The zero-order valence-electron chi connectivity index (χ0n) is 23.9. The molecule has 45 heavy (non-hydrogen) atoms. The van der Waals surface area contributed by atoms with Crippen molar-refractivity contribution in [3.63, 3.8) is 0 Å². The van der Waals surface area contributed by atoms with E-state index in [4.69, 9.17) is 4.74 Å². The number of hydrogen-bond acceptors (Lipinski definition) is 2. The van der Waals surface area contributed by atoms with Gasteiger partial charge in [-0.2, -0.15) is 22.0 Å². The summed E-state index contributed by atoms with van der Waals surface area (Å²) in [7, 11) is 0. The third-order valence-corrected chi connectivity index (χ3v) is 7.88. The van der Waals surface area contributed by atoms with Gasteiger partial charge in [-0.3, -0.25) is 0 Å². The number of unbranched alkanes of at least 4 members (excludes halogenated alkanes) is 2. The van der Waals surface area contributed by atoms with Gasteiger partial charge in [-0.1, -0.05) is 44.2 Å². The lowest BCUT2D eigenvalue weighted by molar-refractivity contribution is -0.189. The van der Waals surface area contributed by atoms with Crippen molar-refractivity contribution in [1.29, 1.82) is 0 Å². The predicted molar refractivity (Wildman–Crippen MR) is 151 cm³/mol. The lowest BCUT2D eigenvalue weighted by Crippen LogP contribution is -2.25. The van der Waals surface area contributed by atoms with Crippen LogP contribution < -0.4 is 4.74 Å². The molecule has 0 aliphatic carbocycles. The molecule has 1 heterocycles. The van der Waals surface area contributed by atoms with E-state index in [-0.39, 0.29) is 22.3 Å². The summed E-state index contributed by atoms with van der Waals surface area (Å²) in [4.78, 5) is 0. The van der Waals surface area contributed by atoms with Gasteiger partial charge in [0, 0.05) is 16.7 Å². The van der Waals surface area contributed by atoms with E-state index in [0.29, 0.717) is 24.2 Å². The van der Waals surface area contributed by atoms with Crippen LogP contribution in [0.4, 0.5) is 39.5 Å². The second-order valence-electron chi connectivity index (χ2n) is 11.1. The molecule has 11 heteroatoms. The summed E-state index contributed by atoms with van der Waals surface area (Å²) in [5.41, 5.74) is -2.15. The largest absolute Gasteiger partial charge is 0.458 e. The molecule has 1 saturated heterocycles. The van der Waals surface area contributed by atoms with Gasteiger partial charge in [0.1, 0.15) is 34.6 Å². The Bertz CT molecular complexity index is 1780. The first kappa shape index (κ1) is 32.5. The number of hydrogen-bond donors (Lipinski definition) is 0. The average Bonchev–Trinajstić information content (AvgIpc) is 2.96. The molecule has 1 aliphatic heterocycles. The van der Waals surface area contributed by atoms with E-state index in [9.17, 15) is 22.0 Å². The fourth-order valence-electron chi connectivity index (χ4n) is 5.61. The Labute approximate surface area is 253 Å². The molecular formula is C34H27F9O2. The van der Waals surface area contributed by atoms with Crippen LogP contribution in [0.15, 0.2) is 48.5 Å². The molecule has 2 nitrogen and oxygen atoms in total. The fourth-order valence-corrected chi connectivity index (χ4v) is 5.61. The Hall–Kier alpha value is -3.91. The van der Waals surface area contributed by atoms with E-state index in [1.807, 2.05) is 0 Å². The highest BCUT2D eigenvalue weighted by molar-refractivity contribution is 5.87. The SMILES string of the molecule is CCCCCC1CCC(c2ccc3c(F)c(C(F)(F)Oc4ccc5c(F)c(C#CC(F)(F)F)c(F)cc5c4)c(F)cc3c2)OC1. The molecular weight excluding hydrogens is 611 g/mol. The van der Waals surface area contributed by atoms with E-state index >= 15 is 17.6 Å². The number of ether oxygens (including phenoxy) is 2. The van der Waals surface area contributed by atoms with E-state index in [1.165, 1.54) is 18.1 Å². The molecule has 1 fully saturated rings. The van der Waals surface area contributed by atoms with Crippen LogP contribution in [0, 0.1) is 41.0 Å². The van der Waals surface area contributed by atoms with Crippen molar-refractivity contribution in [1.82, 2.24) is 0 Å². The Morgan fingerprint density at radius 3 is 2.20 bits per heavy atom. The molecule has 1 aliphatic rings. The van der Waals surface area contributed by atoms with Crippen molar-refractivity contribution >= 4 is 21.5 Å². The lowest BCUT2D eigenvalue weighted by Gasteiger charge is -2.29. The topological polar surface area (TPSA) is 18.5 Å². The van der Waals surface area contributed by atoms with Crippen molar-refractivity contribution in [2.75, 3.05) is 6.61 Å². The van der Waals surface area contributed by atoms with Gasteiger partial charge in [-0.25, -0.2) is 17.6 Å². The quantitative estimate of drug-likeness (QED) is 0.109. The summed E-state index contributed by atoms with van der Waals surface area (Å²) in [6, 6.07) is 8.11. The highest BCUT2D eigenvalue weighted by atomic mass is 19.4. The summed E-state index contributed by atoms with van der Waals surface area (Å²) in [6.07, 6.45) is -3.71. The number of alkyl halides is 5. The van der Waals surface area contributed by atoms with Gasteiger partial charge in [0.15, 0.2) is 0 Å². The molecule has 238 valence electrons. The smallest absolute Gasteiger partial charge is 0.429 e. The molecule has 0 spiro atoms. The van der Waals surface area contributed by atoms with Crippen LogP contribution >= 0.6 is 0 Å². The third kappa shape index (κ3) is 7.17. The van der Waals surface area contributed by atoms with Crippen LogP contribution in [0.3, 0.4) is 0 Å². The normalized spacial score (nSPS) is 17.4. The summed E-state index contributed by atoms with van der Waals surface area (Å²) in [6.45, 7) is 2.70. The van der Waals surface area contributed by atoms with Crippen molar-refractivity contribution in [3.05, 3.63) is 88.5 Å². The van der Waals surface area contributed by atoms with E-state index in [2.05, 4.69) is 11.7 Å². The van der Waals surface area contributed by atoms with Crippen molar-refractivity contribution < 1.29 is 49.0 Å². The average molecular weight is 639 g/mol. The van der Waals surface area contributed by atoms with Gasteiger partial charge in [-0.15, -0.1) is 0 Å². The minimum atomic E-state index is -5.01. The van der Waals surface area contributed by atoms with Crippen LogP contribution in [0.2, 0.25) is 0 Å². The molecule has 0 radical (unpaired) electrons. The van der Waals surface area contributed by atoms with Gasteiger partial charge < -0.3 is 9.47 Å². The molecule has 0 amide bonds. The summed E-state index contributed by atoms with van der Waals surface area (Å²) >= 11 is 0. The first-order chi connectivity index (χ1) is 21.3. The molecule has 0 saturated carbocycles. The van der Waals surface area contributed by atoms with Gasteiger partial charge in [0.05, 0.1) is 18.3 Å². The van der Waals surface area contributed by atoms with Crippen molar-refractivity contribution in [3.8, 4) is 17.6 Å². The van der Waals surface area contributed by atoms with Crippen LogP contribution in [0.1, 0.15) is 68.2 Å². The zero-order chi connectivity index (χ0) is 32.5. The second kappa shape index (κ2) is 12.8. The van der Waals surface area contributed by atoms with Gasteiger partial charge in [0.25, 0.3) is 0 Å². The van der Waals surface area contributed by atoms with Crippen molar-refractivity contribution in [2.45, 2.75) is 63.8 Å².